The lowest BCUT2D eigenvalue weighted by Crippen LogP contribution is -2.27. The molecule has 1 amide bonds. The van der Waals surface area contributed by atoms with Gasteiger partial charge >= 0.3 is 11.7 Å². The van der Waals surface area contributed by atoms with E-state index in [2.05, 4.69) is 5.32 Å². The molecule has 0 saturated heterocycles. The fraction of sp³-hybridized carbons (Fsp3) is 0.300. The molecule has 0 bridgehead atoms. The number of hydrogen-bond donors (Lipinski definition) is 1. The summed E-state index contributed by atoms with van der Waals surface area (Å²) in [7, 11) is 1.57. The number of amides is 1. The van der Waals surface area contributed by atoms with Crippen molar-refractivity contribution in [3.63, 3.8) is 0 Å². The molecule has 1 heterocycles. The first-order chi connectivity index (χ1) is 12.2. The third kappa shape index (κ3) is 3.22. The van der Waals surface area contributed by atoms with Crippen LogP contribution in [0, 0.1) is 6.92 Å². The predicted octanol–water partition coefficient (Wildman–Crippen LogP) is 4.61. The minimum Gasteiger partial charge on any atom is -0.496 e. The first-order valence-electron chi connectivity index (χ1n) is 8.24. The Labute approximate surface area is 150 Å². The molecule has 1 aromatic heterocycles. The number of ether oxygens (including phenoxy) is 2. The van der Waals surface area contributed by atoms with Gasteiger partial charge in [-0.2, -0.15) is 0 Å². The molecule has 136 valence electrons. The third-order valence-corrected chi connectivity index (χ3v) is 3.98. The lowest BCUT2D eigenvalue weighted by molar-refractivity contribution is 0.0636. The van der Waals surface area contributed by atoms with Crippen molar-refractivity contribution in [2.24, 2.45) is 0 Å². The first kappa shape index (κ1) is 17.8. The van der Waals surface area contributed by atoms with Crippen LogP contribution in [0.1, 0.15) is 26.3 Å². The Kier molecular flexibility index (Phi) is 4.36. The monoisotopic (exact) mass is 355 g/mol. The van der Waals surface area contributed by atoms with Crippen molar-refractivity contribution < 1.29 is 18.7 Å². The summed E-state index contributed by atoms with van der Waals surface area (Å²) in [5.74, 6) is 0.614. The smallest absolute Gasteiger partial charge is 0.412 e. The van der Waals surface area contributed by atoms with Crippen LogP contribution in [0.5, 0.6) is 5.75 Å². The van der Waals surface area contributed by atoms with Gasteiger partial charge in [0.2, 0.25) is 0 Å². The topological polar surface area (TPSA) is 77.8 Å². The molecule has 0 radical (unpaired) electrons. The zero-order chi connectivity index (χ0) is 19.1. The number of anilines is 1. The van der Waals surface area contributed by atoms with Crippen LogP contribution in [0.2, 0.25) is 0 Å². The van der Waals surface area contributed by atoms with Gasteiger partial charge in [0.15, 0.2) is 0 Å². The van der Waals surface area contributed by atoms with E-state index in [0.717, 1.165) is 5.39 Å². The van der Waals surface area contributed by atoms with E-state index in [1.807, 2.05) is 6.07 Å². The summed E-state index contributed by atoms with van der Waals surface area (Å²) in [5.41, 5.74) is 0.473. The van der Waals surface area contributed by atoms with Gasteiger partial charge in [-0.05, 0) is 51.5 Å². The Hall–Kier alpha value is -3.02. The largest absolute Gasteiger partial charge is 0.496 e. The van der Waals surface area contributed by atoms with Crippen molar-refractivity contribution in [3.8, 4) is 5.75 Å². The molecule has 0 unspecified atom stereocenters. The van der Waals surface area contributed by atoms with E-state index in [9.17, 15) is 9.59 Å². The van der Waals surface area contributed by atoms with Gasteiger partial charge < -0.3 is 13.9 Å². The summed E-state index contributed by atoms with van der Waals surface area (Å²) in [4.78, 5) is 24.6. The van der Waals surface area contributed by atoms with Gasteiger partial charge in [-0.25, -0.2) is 9.59 Å². The number of rotatable bonds is 2. The van der Waals surface area contributed by atoms with E-state index in [-0.39, 0.29) is 0 Å². The van der Waals surface area contributed by atoms with Gasteiger partial charge in [-0.1, -0.05) is 12.1 Å². The molecule has 2 aromatic carbocycles. The second kappa shape index (κ2) is 6.37. The number of benzene rings is 2. The first-order valence-corrected chi connectivity index (χ1v) is 8.24. The molecule has 6 nitrogen and oxygen atoms in total. The zero-order valence-electron chi connectivity index (χ0n) is 15.4. The van der Waals surface area contributed by atoms with Gasteiger partial charge in [0.1, 0.15) is 16.9 Å². The molecule has 0 fully saturated rings. The molecule has 6 heteroatoms. The second-order valence-electron chi connectivity index (χ2n) is 7.01. The SMILES string of the molecule is COc1cccc2oc(=O)c3c(C)c(NC(=O)OC(C)(C)C)ccc3c12. The maximum atomic E-state index is 12.5. The maximum absolute atomic E-state index is 12.5. The molecule has 0 spiro atoms. The summed E-state index contributed by atoms with van der Waals surface area (Å²) < 4.78 is 16.1. The molecule has 3 aromatic rings. The number of aryl methyl sites for hydroxylation is 1. The number of nitrogens with one attached hydrogen (secondary N) is 1. The van der Waals surface area contributed by atoms with Gasteiger partial charge in [0.05, 0.1) is 17.9 Å². The Bertz CT molecular complexity index is 1060. The van der Waals surface area contributed by atoms with Crippen molar-refractivity contribution in [1.29, 1.82) is 0 Å². The molecule has 0 aliphatic carbocycles. The van der Waals surface area contributed by atoms with E-state index in [0.29, 0.717) is 33.4 Å². The van der Waals surface area contributed by atoms with Crippen LogP contribution < -0.4 is 15.7 Å². The third-order valence-electron chi connectivity index (χ3n) is 3.98. The molecule has 0 atom stereocenters. The molecule has 0 aliphatic rings. The predicted molar refractivity (Wildman–Crippen MR) is 101 cm³/mol. The van der Waals surface area contributed by atoms with E-state index in [4.69, 9.17) is 13.9 Å². The Balaban J connectivity index is 2.18. The van der Waals surface area contributed by atoms with E-state index in [1.54, 1.807) is 59.1 Å². The highest BCUT2D eigenvalue weighted by Gasteiger charge is 2.19. The van der Waals surface area contributed by atoms with Crippen LogP contribution in [0.25, 0.3) is 21.7 Å². The summed E-state index contributed by atoms with van der Waals surface area (Å²) in [6.07, 6.45) is -0.581. The molecular formula is C20H21NO5. The molecule has 26 heavy (non-hydrogen) atoms. The lowest BCUT2D eigenvalue weighted by atomic mass is 10.0. The summed E-state index contributed by atoms with van der Waals surface area (Å²) in [5, 5.41) is 4.52. The van der Waals surface area contributed by atoms with Crippen LogP contribution >= 0.6 is 0 Å². The van der Waals surface area contributed by atoms with Crippen molar-refractivity contribution in [3.05, 3.63) is 46.3 Å². The minimum absolute atomic E-state index is 0.399. The fourth-order valence-electron chi connectivity index (χ4n) is 2.91. The highest BCUT2D eigenvalue weighted by atomic mass is 16.6. The lowest BCUT2D eigenvalue weighted by Gasteiger charge is -2.20. The highest BCUT2D eigenvalue weighted by Crippen LogP contribution is 2.34. The summed E-state index contributed by atoms with van der Waals surface area (Å²) >= 11 is 0. The zero-order valence-corrected chi connectivity index (χ0v) is 15.4. The number of carbonyl (C=O) groups is 1. The van der Waals surface area contributed by atoms with Crippen molar-refractivity contribution in [2.75, 3.05) is 12.4 Å². The number of methoxy groups -OCH3 is 1. The standard InChI is InChI=1S/C20H21NO5/c1-11-13(21-19(23)26-20(2,3)4)10-9-12-16(11)18(22)25-15-8-6-7-14(24-5)17(12)15/h6-10H,1-5H3,(H,21,23). The van der Waals surface area contributed by atoms with Gasteiger partial charge in [-0.3, -0.25) is 5.32 Å². The molecule has 0 saturated carbocycles. The fourth-order valence-corrected chi connectivity index (χ4v) is 2.91. The maximum Gasteiger partial charge on any atom is 0.412 e. The van der Waals surface area contributed by atoms with Crippen molar-refractivity contribution in [1.82, 2.24) is 0 Å². The summed E-state index contributed by atoms with van der Waals surface area (Å²) in [6, 6.07) is 8.82. The Morgan fingerprint density at radius 2 is 1.85 bits per heavy atom. The van der Waals surface area contributed by atoms with E-state index in [1.165, 1.54) is 0 Å². The van der Waals surface area contributed by atoms with Crippen molar-refractivity contribution in [2.45, 2.75) is 33.3 Å². The molecule has 1 N–H and O–H groups in total. The van der Waals surface area contributed by atoms with Gasteiger partial charge in [-0.15, -0.1) is 0 Å². The van der Waals surface area contributed by atoms with Crippen LogP contribution in [0.15, 0.2) is 39.5 Å². The summed E-state index contributed by atoms with van der Waals surface area (Å²) in [6.45, 7) is 7.11. The number of carbonyl (C=O) groups excluding carboxylic acids is 1. The van der Waals surface area contributed by atoms with Crippen molar-refractivity contribution >= 4 is 33.5 Å². The molecular weight excluding hydrogens is 334 g/mol. The Morgan fingerprint density at radius 3 is 2.50 bits per heavy atom. The van der Waals surface area contributed by atoms with Crippen LogP contribution in [0.4, 0.5) is 10.5 Å². The van der Waals surface area contributed by atoms with E-state index >= 15 is 0 Å². The minimum atomic E-state index is -0.614. The van der Waals surface area contributed by atoms with Crippen LogP contribution in [-0.2, 0) is 4.74 Å². The number of fused-ring (bicyclic) bond motifs is 3. The Morgan fingerprint density at radius 1 is 1.12 bits per heavy atom. The molecule has 0 aliphatic heterocycles. The molecule has 3 rings (SSSR count). The van der Waals surface area contributed by atoms with E-state index < -0.39 is 17.3 Å². The quantitative estimate of drug-likeness (QED) is 0.536. The van der Waals surface area contributed by atoms with Gasteiger partial charge in [0.25, 0.3) is 0 Å². The normalized spacial score (nSPS) is 11.6. The van der Waals surface area contributed by atoms with Crippen LogP contribution in [0.3, 0.4) is 0 Å². The number of hydrogen-bond acceptors (Lipinski definition) is 5. The van der Waals surface area contributed by atoms with Crippen LogP contribution in [-0.4, -0.2) is 18.8 Å². The highest BCUT2D eigenvalue weighted by molar-refractivity contribution is 6.10. The second-order valence-corrected chi connectivity index (χ2v) is 7.01. The average molecular weight is 355 g/mol. The van der Waals surface area contributed by atoms with Gasteiger partial charge in [0, 0.05) is 11.1 Å². The average Bonchev–Trinajstić information content (AvgIpc) is 2.54.